The minimum absolute atomic E-state index is 0.328. The Morgan fingerprint density at radius 2 is 1.83 bits per heavy atom. The Hall–Kier alpha value is -4.59. The van der Waals surface area contributed by atoms with Gasteiger partial charge in [-0.15, -0.1) is 0 Å². The molecule has 0 spiro atoms. The molecule has 0 atom stereocenters. The van der Waals surface area contributed by atoms with Crippen molar-refractivity contribution in [2.24, 2.45) is 5.73 Å². The van der Waals surface area contributed by atoms with Crippen molar-refractivity contribution in [3.8, 4) is 17.1 Å². The first-order valence-corrected chi connectivity index (χ1v) is 11.9. The fraction of sp³-hybridized carbons (Fsp3) is 0.179. The first-order valence-electron chi connectivity index (χ1n) is 11.9. The van der Waals surface area contributed by atoms with Gasteiger partial charge in [0, 0.05) is 36.5 Å². The van der Waals surface area contributed by atoms with E-state index in [1.165, 1.54) is 6.08 Å². The van der Waals surface area contributed by atoms with Crippen LogP contribution in [-0.2, 0) is 4.79 Å². The fourth-order valence-electron chi connectivity index (χ4n) is 4.34. The summed E-state index contributed by atoms with van der Waals surface area (Å²) in [7, 11) is 0. The van der Waals surface area contributed by atoms with Gasteiger partial charge < -0.3 is 20.4 Å². The van der Waals surface area contributed by atoms with Crippen molar-refractivity contribution >= 4 is 29.3 Å². The van der Waals surface area contributed by atoms with Crippen molar-refractivity contribution in [2.75, 3.05) is 23.3 Å². The molecule has 0 aliphatic carbocycles. The molecule has 8 nitrogen and oxygen atoms in total. The van der Waals surface area contributed by atoms with E-state index in [1.54, 1.807) is 22.9 Å². The molecule has 182 valence electrons. The van der Waals surface area contributed by atoms with E-state index in [0.717, 1.165) is 48.6 Å². The summed E-state index contributed by atoms with van der Waals surface area (Å²) < 4.78 is 7.57. The van der Waals surface area contributed by atoms with E-state index in [4.69, 9.17) is 15.2 Å². The number of primary amides is 1. The number of furan rings is 1. The van der Waals surface area contributed by atoms with Crippen molar-refractivity contribution in [1.29, 1.82) is 0 Å². The SMILES string of the molecule is Cc1ccc(-c2nn(-c3ccccc3)cc2/C=C/C(=O)Nc2cc(C(N)=O)ccc2N2CCCC2)o1. The number of para-hydroxylation sites is 1. The molecule has 0 bridgehead atoms. The number of amides is 2. The van der Waals surface area contributed by atoms with Crippen molar-refractivity contribution < 1.29 is 14.0 Å². The number of nitrogens with two attached hydrogens (primary N) is 1. The molecule has 2 aromatic carbocycles. The van der Waals surface area contributed by atoms with Gasteiger partial charge in [-0.25, -0.2) is 4.68 Å². The van der Waals surface area contributed by atoms with Crippen LogP contribution in [-0.4, -0.2) is 34.7 Å². The minimum Gasteiger partial charge on any atom is -0.460 e. The van der Waals surface area contributed by atoms with Crippen LogP contribution in [0.1, 0.15) is 34.5 Å². The summed E-state index contributed by atoms with van der Waals surface area (Å²) >= 11 is 0. The maximum Gasteiger partial charge on any atom is 0.248 e. The molecule has 1 fully saturated rings. The molecule has 2 aromatic heterocycles. The summed E-state index contributed by atoms with van der Waals surface area (Å²) in [5.41, 5.74) is 9.51. The third-order valence-electron chi connectivity index (χ3n) is 6.14. The Labute approximate surface area is 209 Å². The van der Waals surface area contributed by atoms with Crippen LogP contribution >= 0.6 is 0 Å². The molecule has 5 rings (SSSR count). The average molecular weight is 482 g/mol. The molecule has 0 saturated carbocycles. The number of hydrogen-bond acceptors (Lipinski definition) is 5. The number of anilines is 2. The van der Waals surface area contributed by atoms with Gasteiger partial charge in [-0.05, 0) is 68.3 Å². The Bertz CT molecular complexity index is 1430. The fourth-order valence-corrected chi connectivity index (χ4v) is 4.34. The van der Waals surface area contributed by atoms with Crippen LogP contribution in [0.3, 0.4) is 0 Å². The zero-order chi connectivity index (χ0) is 25.1. The van der Waals surface area contributed by atoms with Crippen LogP contribution in [0.4, 0.5) is 11.4 Å². The van der Waals surface area contributed by atoms with Crippen LogP contribution < -0.4 is 16.0 Å². The molecule has 1 saturated heterocycles. The predicted molar refractivity (Wildman–Crippen MR) is 140 cm³/mol. The first kappa shape index (κ1) is 23.2. The van der Waals surface area contributed by atoms with Gasteiger partial charge in [0.15, 0.2) is 5.76 Å². The Morgan fingerprint density at radius 1 is 1.06 bits per heavy atom. The summed E-state index contributed by atoms with van der Waals surface area (Å²) in [4.78, 5) is 26.9. The van der Waals surface area contributed by atoms with E-state index in [9.17, 15) is 9.59 Å². The lowest BCUT2D eigenvalue weighted by Gasteiger charge is -2.21. The number of carbonyl (C=O) groups excluding carboxylic acids is 2. The molecule has 2 amide bonds. The second kappa shape index (κ2) is 9.95. The molecule has 0 radical (unpaired) electrons. The number of carbonyl (C=O) groups is 2. The molecule has 3 heterocycles. The molecule has 36 heavy (non-hydrogen) atoms. The smallest absolute Gasteiger partial charge is 0.248 e. The number of aryl methyl sites for hydroxylation is 1. The van der Waals surface area contributed by atoms with Crippen LogP contribution in [0.2, 0.25) is 0 Å². The van der Waals surface area contributed by atoms with Crippen molar-refractivity contribution in [3.05, 3.63) is 89.8 Å². The average Bonchev–Trinajstić information content (AvgIpc) is 3.64. The topological polar surface area (TPSA) is 106 Å². The highest BCUT2D eigenvalue weighted by Gasteiger charge is 2.18. The Balaban J connectivity index is 1.44. The standard InChI is InChI=1S/C28H27N5O3/c1-19-9-13-25(36-19)27-21(18-33(31-27)22-7-3-2-4-8-22)11-14-26(34)30-23-17-20(28(29)35)10-12-24(23)32-15-5-6-16-32/h2-4,7-14,17-18H,5-6,15-16H2,1H3,(H2,29,35)(H,30,34)/b14-11+. The van der Waals surface area contributed by atoms with Crippen molar-refractivity contribution in [1.82, 2.24) is 9.78 Å². The number of hydrogen-bond donors (Lipinski definition) is 2. The zero-order valence-electron chi connectivity index (χ0n) is 20.0. The highest BCUT2D eigenvalue weighted by molar-refractivity contribution is 6.05. The lowest BCUT2D eigenvalue weighted by molar-refractivity contribution is -0.111. The lowest BCUT2D eigenvalue weighted by Crippen LogP contribution is -2.21. The van der Waals surface area contributed by atoms with Gasteiger partial charge in [0.1, 0.15) is 11.5 Å². The highest BCUT2D eigenvalue weighted by Crippen LogP contribution is 2.31. The molecule has 1 aliphatic heterocycles. The third-order valence-corrected chi connectivity index (χ3v) is 6.14. The Morgan fingerprint density at radius 3 is 2.53 bits per heavy atom. The summed E-state index contributed by atoms with van der Waals surface area (Å²) in [6.07, 6.45) is 7.20. The second-order valence-electron chi connectivity index (χ2n) is 8.74. The molecule has 8 heteroatoms. The molecule has 0 unspecified atom stereocenters. The van der Waals surface area contributed by atoms with Gasteiger partial charge >= 0.3 is 0 Å². The quantitative estimate of drug-likeness (QED) is 0.369. The normalized spacial score (nSPS) is 13.4. The monoisotopic (exact) mass is 481 g/mol. The Kier molecular flexibility index (Phi) is 6.40. The number of nitrogens with zero attached hydrogens (tertiary/aromatic N) is 3. The van der Waals surface area contributed by atoms with E-state index in [-0.39, 0.29) is 5.91 Å². The third kappa shape index (κ3) is 4.93. The van der Waals surface area contributed by atoms with Gasteiger partial charge in [-0.3, -0.25) is 9.59 Å². The minimum atomic E-state index is -0.541. The van der Waals surface area contributed by atoms with E-state index in [0.29, 0.717) is 22.7 Å². The van der Waals surface area contributed by atoms with Gasteiger partial charge in [-0.2, -0.15) is 5.10 Å². The largest absolute Gasteiger partial charge is 0.460 e. The van der Waals surface area contributed by atoms with Crippen LogP contribution in [0.25, 0.3) is 23.2 Å². The van der Waals surface area contributed by atoms with E-state index < -0.39 is 5.91 Å². The van der Waals surface area contributed by atoms with Crippen LogP contribution in [0.15, 0.2) is 77.4 Å². The summed E-state index contributed by atoms with van der Waals surface area (Å²) in [6, 6.07) is 18.6. The van der Waals surface area contributed by atoms with E-state index >= 15 is 0 Å². The molecule has 1 aliphatic rings. The van der Waals surface area contributed by atoms with Gasteiger partial charge in [0.2, 0.25) is 11.8 Å². The number of benzene rings is 2. The van der Waals surface area contributed by atoms with Crippen molar-refractivity contribution in [3.63, 3.8) is 0 Å². The number of rotatable bonds is 7. The molecular weight excluding hydrogens is 454 g/mol. The second-order valence-corrected chi connectivity index (χ2v) is 8.74. The van der Waals surface area contributed by atoms with Crippen molar-refractivity contribution in [2.45, 2.75) is 19.8 Å². The van der Waals surface area contributed by atoms with Gasteiger partial charge in [-0.1, -0.05) is 18.2 Å². The van der Waals surface area contributed by atoms with E-state index in [1.807, 2.05) is 61.7 Å². The highest BCUT2D eigenvalue weighted by atomic mass is 16.3. The summed E-state index contributed by atoms with van der Waals surface area (Å²) in [5, 5.41) is 7.63. The molecular formula is C28H27N5O3. The maximum atomic E-state index is 13.0. The zero-order valence-corrected chi connectivity index (χ0v) is 20.0. The van der Waals surface area contributed by atoms with E-state index in [2.05, 4.69) is 10.2 Å². The van der Waals surface area contributed by atoms with Gasteiger partial charge in [0.25, 0.3) is 0 Å². The van der Waals surface area contributed by atoms with Gasteiger partial charge in [0.05, 0.1) is 17.1 Å². The summed E-state index contributed by atoms with van der Waals surface area (Å²) in [6.45, 7) is 3.68. The number of aromatic nitrogens is 2. The van der Waals surface area contributed by atoms with Crippen LogP contribution in [0, 0.1) is 6.92 Å². The lowest BCUT2D eigenvalue weighted by atomic mass is 10.1. The van der Waals surface area contributed by atoms with Crippen LogP contribution in [0.5, 0.6) is 0 Å². The summed E-state index contributed by atoms with van der Waals surface area (Å²) in [5.74, 6) is 0.523. The molecule has 4 aromatic rings. The first-order chi connectivity index (χ1) is 17.5. The number of nitrogens with one attached hydrogen (secondary N) is 1. The predicted octanol–water partition coefficient (Wildman–Crippen LogP) is 4.79. The maximum absolute atomic E-state index is 13.0. The molecule has 3 N–H and O–H groups in total.